The highest BCUT2D eigenvalue weighted by atomic mass is 16.5. The van der Waals surface area contributed by atoms with E-state index in [1.807, 2.05) is 19.1 Å². The first-order valence-corrected chi connectivity index (χ1v) is 7.02. The van der Waals surface area contributed by atoms with Gasteiger partial charge in [-0.25, -0.2) is 0 Å². The van der Waals surface area contributed by atoms with Crippen molar-refractivity contribution in [3.05, 3.63) is 23.8 Å². The van der Waals surface area contributed by atoms with Crippen LogP contribution >= 0.6 is 0 Å². The van der Waals surface area contributed by atoms with Gasteiger partial charge in [-0.3, -0.25) is 4.90 Å². The summed E-state index contributed by atoms with van der Waals surface area (Å²) in [5.41, 5.74) is 6.93. The maximum atomic E-state index is 9.70. The molecule has 19 heavy (non-hydrogen) atoms. The first kappa shape index (κ1) is 14.2. The number of aromatic hydroxyl groups is 1. The summed E-state index contributed by atoms with van der Waals surface area (Å²) in [5.74, 6) is 1.39. The number of benzene rings is 1. The SMILES string of the molecule is CCOc1cc(CN2CC(CN)CC2C)ccc1O. The Kier molecular flexibility index (Phi) is 4.66. The number of phenols is 1. The van der Waals surface area contributed by atoms with Crippen LogP contribution < -0.4 is 10.5 Å². The van der Waals surface area contributed by atoms with Crippen LogP contribution in [0.25, 0.3) is 0 Å². The Morgan fingerprint density at radius 2 is 2.26 bits per heavy atom. The highest BCUT2D eigenvalue weighted by molar-refractivity contribution is 5.41. The maximum Gasteiger partial charge on any atom is 0.161 e. The Labute approximate surface area is 115 Å². The predicted molar refractivity (Wildman–Crippen MR) is 76.3 cm³/mol. The van der Waals surface area contributed by atoms with E-state index in [2.05, 4.69) is 11.8 Å². The first-order chi connectivity index (χ1) is 9.13. The predicted octanol–water partition coefficient (Wildman–Crippen LogP) is 1.96. The normalized spacial score (nSPS) is 23.7. The number of hydrogen-bond donors (Lipinski definition) is 2. The second kappa shape index (κ2) is 6.26. The largest absolute Gasteiger partial charge is 0.504 e. The van der Waals surface area contributed by atoms with Gasteiger partial charge in [0.05, 0.1) is 6.61 Å². The molecule has 0 aliphatic carbocycles. The van der Waals surface area contributed by atoms with E-state index in [1.165, 1.54) is 12.0 Å². The van der Waals surface area contributed by atoms with Crippen molar-refractivity contribution in [2.45, 2.75) is 32.9 Å². The molecule has 4 heteroatoms. The minimum absolute atomic E-state index is 0.208. The van der Waals surface area contributed by atoms with Crippen molar-refractivity contribution in [2.75, 3.05) is 19.7 Å². The van der Waals surface area contributed by atoms with Crippen LogP contribution in [0, 0.1) is 5.92 Å². The summed E-state index contributed by atoms with van der Waals surface area (Å²) >= 11 is 0. The Bertz CT molecular complexity index is 423. The molecule has 1 aliphatic rings. The zero-order valence-electron chi connectivity index (χ0n) is 11.8. The molecule has 1 fully saturated rings. The van der Waals surface area contributed by atoms with E-state index in [1.54, 1.807) is 6.07 Å². The Hall–Kier alpha value is -1.26. The van der Waals surface area contributed by atoms with Crippen molar-refractivity contribution in [1.82, 2.24) is 4.90 Å². The molecule has 2 rings (SSSR count). The van der Waals surface area contributed by atoms with Crippen LogP contribution in [0.1, 0.15) is 25.8 Å². The number of nitrogens with zero attached hydrogens (tertiary/aromatic N) is 1. The first-order valence-electron chi connectivity index (χ1n) is 7.02. The van der Waals surface area contributed by atoms with Crippen LogP contribution in [0.3, 0.4) is 0 Å². The molecule has 2 atom stereocenters. The molecule has 0 bridgehead atoms. The zero-order valence-corrected chi connectivity index (χ0v) is 11.8. The number of hydrogen-bond acceptors (Lipinski definition) is 4. The van der Waals surface area contributed by atoms with Gasteiger partial charge >= 0.3 is 0 Å². The smallest absolute Gasteiger partial charge is 0.161 e. The molecule has 3 N–H and O–H groups in total. The van der Waals surface area contributed by atoms with Gasteiger partial charge in [-0.15, -0.1) is 0 Å². The van der Waals surface area contributed by atoms with E-state index < -0.39 is 0 Å². The molecule has 1 aliphatic heterocycles. The maximum absolute atomic E-state index is 9.70. The summed E-state index contributed by atoms with van der Waals surface area (Å²) in [6, 6.07) is 6.17. The van der Waals surface area contributed by atoms with Gasteiger partial charge in [-0.2, -0.15) is 0 Å². The van der Waals surface area contributed by atoms with E-state index in [0.29, 0.717) is 24.3 Å². The number of nitrogens with two attached hydrogens (primary N) is 1. The van der Waals surface area contributed by atoms with E-state index >= 15 is 0 Å². The number of ether oxygens (including phenoxy) is 1. The molecule has 1 aromatic carbocycles. The quantitative estimate of drug-likeness (QED) is 0.853. The lowest BCUT2D eigenvalue weighted by Gasteiger charge is -2.21. The van der Waals surface area contributed by atoms with Crippen LogP contribution in [0.4, 0.5) is 0 Å². The third-order valence-corrected chi connectivity index (χ3v) is 3.83. The minimum atomic E-state index is 0.208. The molecule has 1 heterocycles. The summed E-state index contributed by atoms with van der Waals surface area (Å²) < 4.78 is 5.42. The number of rotatable bonds is 5. The van der Waals surface area contributed by atoms with Crippen LogP contribution in [-0.4, -0.2) is 35.7 Å². The van der Waals surface area contributed by atoms with E-state index in [4.69, 9.17) is 10.5 Å². The Morgan fingerprint density at radius 3 is 2.89 bits per heavy atom. The molecule has 4 nitrogen and oxygen atoms in total. The van der Waals surface area contributed by atoms with Gasteiger partial charge in [0.15, 0.2) is 11.5 Å². The molecule has 0 spiro atoms. The fourth-order valence-corrected chi connectivity index (χ4v) is 2.77. The van der Waals surface area contributed by atoms with E-state index in [-0.39, 0.29) is 5.75 Å². The summed E-state index contributed by atoms with van der Waals surface area (Å²) in [6.45, 7) is 7.44. The molecule has 0 aromatic heterocycles. The van der Waals surface area contributed by atoms with Gasteiger partial charge in [0.25, 0.3) is 0 Å². The van der Waals surface area contributed by atoms with E-state index in [9.17, 15) is 5.11 Å². The van der Waals surface area contributed by atoms with Crippen molar-refractivity contribution in [3.63, 3.8) is 0 Å². The fourth-order valence-electron chi connectivity index (χ4n) is 2.77. The monoisotopic (exact) mass is 264 g/mol. The third kappa shape index (κ3) is 3.39. The molecular weight excluding hydrogens is 240 g/mol. The van der Waals surface area contributed by atoms with Crippen LogP contribution in [0.5, 0.6) is 11.5 Å². The topological polar surface area (TPSA) is 58.7 Å². The van der Waals surface area contributed by atoms with Crippen LogP contribution in [0.2, 0.25) is 0 Å². The molecule has 106 valence electrons. The van der Waals surface area contributed by atoms with Crippen LogP contribution in [-0.2, 0) is 6.54 Å². The van der Waals surface area contributed by atoms with Crippen molar-refractivity contribution in [3.8, 4) is 11.5 Å². The van der Waals surface area contributed by atoms with Crippen molar-refractivity contribution in [1.29, 1.82) is 0 Å². The second-order valence-electron chi connectivity index (χ2n) is 5.35. The average molecular weight is 264 g/mol. The molecule has 0 saturated carbocycles. The minimum Gasteiger partial charge on any atom is -0.504 e. The molecular formula is C15H24N2O2. The number of phenolic OH excluding ortho intramolecular Hbond substituents is 1. The van der Waals surface area contributed by atoms with Crippen LogP contribution in [0.15, 0.2) is 18.2 Å². The van der Waals surface area contributed by atoms with Gasteiger partial charge in [0.2, 0.25) is 0 Å². The zero-order chi connectivity index (χ0) is 13.8. The highest BCUT2D eigenvalue weighted by Crippen LogP contribution is 2.29. The summed E-state index contributed by atoms with van der Waals surface area (Å²) in [6.07, 6.45) is 1.17. The molecule has 2 unspecified atom stereocenters. The van der Waals surface area contributed by atoms with E-state index in [0.717, 1.165) is 19.6 Å². The van der Waals surface area contributed by atoms with Gasteiger partial charge in [0.1, 0.15) is 0 Å². The van der Waals surface area contributed by atoms with Gasteiger partial charge in [-0.05, 0) is 50.4 Å². The van der Waals surface area contributed by atoms with Crippen molar-refractivity contribution < 1.29 is 9.84 Å². The lowest BCUT2D eigenvalue weighted by Crippen LogP contribution is -2.27. The third-order valence-electron chi connectivity index (χ3n) is 3.83. The van der Waals surface area contributed by atoms with Crippen molar-refractivity contribution in [2.24, 2.45) is 11.7 Å². The van der Waals surface area contributed by atoms with Gasteiger partial charge in [-0.1, -0.05) is 6.07 Å². The Morgan fingerprint density at radius 1 is 1.47 bits per heavy atom. The summed E-state index contributed by atoms with van der Waals surface area (Å²) in [5, 5.41) is 9.70. The highest BCUT2D eigenvalue weighted by Gasteiger charge is 2.27. The molecule has 1 saturated heterocycles. The molecule has 1 aromatic rings. The number of likely N-dealkylation sites (tertiary alicyclic amines) is 1. The standard InChI is InChI=1S/C15H24N2O2/c1-3-19-15-7-12(4-5-14(15)18)9-17-10-13(8-16)6-11(17)2/h4-5,7,11,13,18H,3,6,8-10,16H2,1-2H3. The van der Waals surface area contributed by atoms with Gasteiger partial charge < -0.3 is 15.6 Å². The Balaban J connectivity index is 2.05. The summed E-state index contributed by atoms with van der Waals surface area (Å²) in [4.78, 5) is 2.44. The van der Waals surface area contributed by atoms with Crippen molar-refractivity contribution >= 4 is 0 Å². The fraction of sp³-hybridized carbons (Fsp3) is 0.600. The molecule has 0 amide bonds. The lowest BCUT2D eigenvalue weighted by atomic mass is 10.1. The lowest BCUT2D eigenvalue weighted by molar-refractivity contribution is 0.254. The summed E-state index contributed by atoms with van der Waals surface area (Å²) in [7, 11) is 0. The molecule has 0 radical (unpaired) electrons. The second-order valence-corrected chi connectivity index (χ2v) is 5.35. The average Bonchev–Trinajstić information content (AvgIpc) is 2.75. The van der Waals surface area contributed by atoms with Gasteiger partial charge in [0, 0.05) is 19.1 Å².